The number of rotatable bonds is 5. The Labute approximate surface area is 188 Å². The van der Waals surface area contributed by atoms with Gasteiger partial charge in [0.1, 0.15) is 0 Å². The van der Waals surface area contributed by atoms with Crippen LogP contribution < -0.4 is 11.1 Å². The van der Waals surface area contributed by atoms with Gasteiger partial charge in [-0.25, -0.2) is 0 Å². The van der Waals surface area contributed by atoms with Crippen molar-refractivity contribution < 1.29 is 4.74 Å². The summed E-state index contributed by atoms with van der Waals surface area (Å²) >= 11 is 1.78. The zero-order chi connectivity index (χ0) is 18.6. The maximum Gasteiger partial charge on any atom is 0.193 e. The van der Waals surface area contributed by atoms with Gasteiger partial charge in [0.05, 0.1) is 25.3 Å². The Morgan fingerprint density at radius 1 is 1.36 bits per heavy atom. The fraction of sp³-hybridized carbons (Fsp3) is 0.476. The van der Waals surface area contributed by atoms with Gasteiger partial charge in [-0.3, -0.25) is 9.89 Å². The van der Waals surface area contributed by atoms with Crippen LogP contribution in [0.2, 0.25) is 0 Å². The van der Waals surface area contributed by atoms with E-state index in [2.05, 4.69) is 57.8 Å². The molecule has 1 aliphatic heterocycles. The number of aliphatic imine (C=N–C) groups is 1. The van der Waals surface area contributed by atoms with Crippen molar-refractivity contribution in [2.75, 3.05) is 31.6 Å². The van der Waals surface area contributed by atoms with E-state index in [0.717, 1.165) is 31.8 Å². The summed E-state index contributed by atoms with van der Waals surface area (Å²) in [6.07, 6.45) is 3.87. The maximum absolute atomic E-state index is 6.21. The molecule has 1 aliphatic carbocycles. The van der Waals surface area contributed by atoms with Crippen molar-refractivity contribution in [3.8, 4) is 0 Å². The molecule has 0 spiro atoms. The number of fused-ring (bicyclic) bond motifs is 1. The molecule has 3 N–H and O–H groups in total. The lowest BCUT2D eigenvalue weighted by Gasteiger charge is -2.36. The Bertz CT molecular complexity index is 796. The number of anilines is 1. The number of nitrogens with two attached hydrogens (primary N) is 1. The molecular formula is C21H29IN4OS. The molecule has 4 rings (SSSR count). The van der Waals surface area contributed by atoms with Crippen molar-refractivity contribution in [2.45, 2.75) is 38.3 Å². The fourth-order valence-corrected chi connectivity index (χ4v) is 4.87. The summed E-state index contributed by atoms with van der Waals surface area (Å²) in [6.45, 7) is 5.41. The average Bonchev–Trinajstić information content (AvgIpc) is 3.33. The third-order valence-corrected chi connectivity index (χ3v) is 6.36. The van der Waals surface area contributed by atoms with Gasteiger partial charge in [0, 0.05) is 23.7 Å². The smallest absolute Gasteiger partial charge is 0.193 e. The van der Waals surface area contributed by atoms with Gasteiger partial charge in [0.25, 0.3) is 0 Å². The van der Waals surface area contributed by atoms with Crippen LogP contribution in [-0.4, -0.2) is 43.2 Å². The molecule has 28 heavy (non-hydrogen) atoms. The minimum absolute atomic E-state index is 0. The second-order valence-corrected chi connectivity index (χ2v) is 8.37. The summed E-state index contributed by atoms with van der Waals surface area (Å²) in [4.78, 5) is 8.47. The van der Waals surface area contributed by atoms with Crippen LogP contribution in [0.25, 0.3) is 0 Å². The minimum Gasteiger partial charge on any atom is -0.376 e. The van der Waals surface area contributed by atoms with Crippen molar-refractivity contribution in [1.82, 2.24) is 4.90 Å². The van der Waals surface area contributed by atoms with Crippen LogP contribution in [0, 0.1) is 0 Å². The van der Waals surface area contributed by atoms with Crippen LogP contribution in [-0.2, 0) is 17.6 Å². The molecule has 2 aliphatic rings. The highest BCUT2D eigenvalue weighted by Gasteiger charge is 2.26. The molecular weight excluding hydrogens is 483 g/mol. The first-order chi connectivity index (χ1) is 13.2. The van der Waals surface area contributed by atoms with Crippen LogP contribution in [0.4, 0.5) is 5.69 Å². The van der Waals surface area contributed by atoms with Crippen molar-refractivity contribution in [2.24, 2.45) is 10.7 Å². The predicted molar refractivity (Wildman–Crippen MR) is 128 cm³/mol. The molecule has 0 bridgehead atoms. The molecule has 2 unspecified atom stereocenters. The first-order valence-electron chi connectivity index (χ1n) is 9.77. The normalized spacial score (nSPS) is 21.0. The Hall–Kier alpha value is -1.16. The highest BCUT2D eigenvalue weighted by atomic mass is 127. The van der Waals surface area contributed by atoms with Gasteiger partial charge < -0.3 is 15.8 Å². The van der Waals surface area contributed by atoms with E-state index in [-0.39, 0.29) is 36.1 Å². The highest BCUT2D eigenvalue weighted by Crippen LogP contribution is 2.28. The van der Waals surface area contributed by atoms with E-state index >= 15 is 0 Å². The summed E-state index contributed by atoms with van der Waals surface area (Å²) in [7, 11) is 0. The zero-order valence-electron chi connectivity index (χ0n) is 16.3. The topological polar surface area (TPSA) is 62.9 Å². The average molecular weight is 512 g/mol. The largest absolute Gasteiger partial charge is 0.376 e. The van der Waals surface area contributed by atoms with E-state index < -0.39 is 0 Å². The van der Waals surface area contributed by atoms with E-state index in [1.54, 1.807) is 11.3 Å². The molecule has 1 saturated heterocycles. The van der Waals surface area contributed by atoms with Gasteiger partial charge in [0.2, 0.25) is 0 Å². The Morgan fingerprint density at radius 2 is 2.21 bits per heavy atom. The number of benzene rings is 1. The summed E-state index contributed by atoms with van der Waals surface area (Å²) in [5, 5.41) is 5.40. The molecule has 0 saturated carbocycles. The molecule has 2 aromatic rings. The molecule has 2 heterocycles. The number of thiophene rings is 1. The van der Waals surface area contributed by atoms with Crippen LogP contribution >= 0.6 is 35.3 Å². The number of morpholine rings is 1. The predicted octanol–water partition coefficient (Wildman–Crippen LogP) is 4.04. The lowest BCUT2D eigenvalue weighted by molar-refractivity contribution is -0.0327. The Morgan fingerprint density at radius 3 is 3.00 bits per heavy atom. The summed E-state index contributed by atoms with van der Waals surface area (Å²) in [5.41, 5.74) is 10.1. The van der Waals surface area contributed by atoms with E-state index in [0.29, 0.717) is 12.5 Å². The number of nitrogens with zero attached hydrogens (tertiary/aromatic N) is 2. The van der Waals surface area contributed by atoms with Gasteiger partial charge in [-0.2, -0.15) is 0 Å². The number of nitrogens with one attached hydrogen (secondary N) is 1. The van der Waals surface area contributed by atoms with Gasteiger partial charge in [-0.1, -0.05) is 12.1 Å². The third-order valence-electron chi connectivity index (χ3n) is 5.39. The van der Waals surface area contributed by atoms with Crippen molar-refractivity contribution in [3.63, 3.8) is 0 Å². The second-order valence-electron chi connectivity index (χ2n) is 7.40. The lowest BCUT2D eigenvalue weighted by Crippen LogP contribution is -2.44. The van der Waals surface area contributed by atoms with E-state index in [9.17, 15) is 0 Å². The quantitative estimate of drug-likeness (QED) is 0.361. The molecule has 1 fully saturated rings. The summed E-state index contributed by atoms with van der Waals surface area (Å²) < 4.78 is 5.71. The molecule has 2 atom stereocenters. The monoisotopic (exact) mass is 512 g/mol. The highest BCUT2D eigenvalue weighted by molar-refractivity contribution is 14.0. The summed E-state index contributed by atoms with van der Waals surface area (Å²) in [5.74, 6) is 0.482. The van der Waals surface area contributed by atoms with Crippen molar-refractivity contribution in [3.05, 3.63) is 51.7 Å². The van der Waals surface area contributed by atoms with Gasteiger partial charge >= 0.3 is 0 Å². The fourth-order valence-electron chi connectivity index (χ4n) is 4.02. The first-order valence-corrected chi connectivity index (χ1v) is 10.6. The van der Waals surface area contributed by atoms with E-state index in [1.807, 2.05) is 0 Å². The van der Waals surface area contributed by atoms with Crippen molar-refractivity contribution in [1.29, 1.82) is 0 Å². The van der Waals surface area contributed by atoms with Crippen LogP contribution in [0.1, 0.15) is 35.4 Å². The van der Waals surface area contributed by atoms with E-state index in [4.69, 9.17) is 10.5 Å². The van der Waals surface area contributed by atoms with Crippen LogP contribution in [0.5, 0.6) is 0 Å². The number of aryl methyl sites for hydroxylation is 2. The molecule has 1 aromatic carbocycles. The molecule has 1 aromatic heterocycles. The Kier molecular flexibility index (Phi) is 7.73. The Balaban J connectivity index is 0.00000225. The van der Waals surface area contributed by atoms with Crippen LogP contribution in [0.15, 0.2) is 40.7 Å². The lowest BCUT2D eigenvalue weighted by atomic mass is 10.1. The SMILES string of the molecule is CC1CN(C(CN=C(N)Nc2ccc3c(c2)CCC3)c2cccs2)CCO1.I. The second kappa shape index (κ2) is 10.0. The molecule has 0 radical (unpaired) electrons. The number of hydrogen-bond acceptors (Lipinski definition) is 4. The van der Waals surface area contributed by atoms with Crippen LogP contribution in [0.3, 0.4) is 0 Å². The van der Waals surface area contributed by atoms with Gasteiger partial charge in [-0.05, 0) is 60.9 Å². The maximum atomic E-state index is 6.21. The van der Waals surface area contributed by atoms with Gasteiger partial charge in [0.15, 0.2) is 5.96 Å². The van der Waals surface area contributed by atoms with E-state index in [1.165, 1.54) is 28.8 Å². The number of halogens is 1. The van der Waals surface area contributed by atoms with Crippen molar-refractivity contribution >= 4 is 47.0 Å². The molecule has 152 valence electrons. The third kappa shape index (κ3) is 5.25. The minimum atomic E-state index is 0. The number of hydrogen-bond donors (Lipinski definition) is 2. The first kappa shape index (κ1) is 21.5. The number of ether oxygens (including phenoxy) is 1. The zero-order valence-corrected chi connectivity index (χ0v) is 19.4. The standard InChI is InChI=1S/C21H28N4OS.HI/c1-15-14-25(9-10-26-15)19(20-6-3-11-27-20)13-23-21(22)24-18-8-7-16-4-2-5-17(16)12-18;/h3,6-8,11-12,15,19H,2,4-5,9-10,13-14H2,1H3,(H3,22,23,24);1H. The number of guanidine groups is 1. The van der Waals surface area contributed by atoms with Gasteiger partial charge in [-0.15, -0.1) is 35.3 Å². The summed E-state index contributed by atoms with van der Waals surface area (Å²) in [6, 6.07) is 11.1. The molecule has 0 amide bonds. The molecule has 5 nitrogen and oxygen atoms in total. The molecule has 7 heteroatoms.